The smallest absolute Gasteiger partial charge is 0.132 e. The van der Waals surface area contributed by atoms with E-state index in [9.17, 15) is 13.9 Å². The minimum absolute atomic E-state index is 0.0159. The highest BCUT2D eigenvalue weighted by atomic mass is 19.1. The van der Waals surface area contributed by atoms with Crippen LogP contribution in [-0.4, -0.2) is 123 Å². The van der Waals surface area contributed by atoms with Gasteiger partial charge >= 0.3 is 0 Å². The van der Waals surface area contributed by atoms with Crippen LogP contribution in [0.15, 0.2) is 47.5 Å². The van der Waals surface area contributed by atoms with Crippen LogP contribution in [0, 0.1) is 17.0 Å². The van der Waals surface area contributed by atoms with Gasteiger partial charge in [-0.3, -0.25) is 15.2 Å². The van der Waals surface area contributed by atoms with Crippen LogP contribution in [0.4, 0.5) is 14.5 Å². The predicted molar refractivity (Wildman–Crippen MR) is 172 cm³/mol. The van der Waals surface area contributed by atoms with E-state index in [2.05, 4.69) is 42.5 Å². The standard InChI is InChI=1S/C33H47F2N7O3/c34-26-1-6-31(32(35)21-26)33(43,22-37-25-38-24-36)23-41-11-9-29(10-12-41)42-13-7-28(8-14-42)39-27-2-4-30(5-3-27)45-20-17-40-15-18-44-19-16-40/h1-6,21,24-25,28-29,39,43H,7-20,22-23H2,(H2,36,37,38). The zero-order chi connectivity index (χ0) is 31.5. The predicted octanol–water partition coefficient (Wildman–Crippen LogP) is 3.13. The molecule has 2 aromatic carbocycles. The van der Waals surface area contributed by atoms with Gasteiger partial charge in [0.05, 0.1) is 26.1 Å². The van der Waals surface area contributed by atoms with Crippen LogP contribution >= 0.6 is 0 Å². The Balaban J connectivity index is 1.04. The second-order valence-electron chi connectivity index (χ2n) is 12.2. The summed E-state index contributed by atoms with van der Waals surface area (Å²) in [6, 6.07) is 12.5. The van der Waals surface area contributed by atoms with E-state index in [1.165, 1.54) is 12.4 Å². The number of ether oxygens (including phenoxy) is 2. The molecule has 0 amide bonds. The van der Waals surface area contributed by atoms with Gasteiger partial charge in [-0.25, -0.2) is 13.8 Å². The molecule has 0 aromatic heterocycles. The van der Waals surface area contributed by atoms with Crippen molar-refractivity contribution in [1.29, 1.82) is 5.41 Å². The average molecular weight is 628 g/mol. The molecule has 246 valence electrons. The zero-order valence-electron chi connectivity index (χ0n) is 26.0. The van der Waals surface area contributed by atoms with Gasteiger partial charge in [0.2, 0.25) is 0 Å². The Bertz CT molecular complexity index is 1230. The van der Waals surface area contributed by atoms with Gasteiger partial charge in [0.25, 0.3) is 0 Å². The molecule has 45 heavy (non-hydrogen) atoms. The van der Waals surface area contributed by atoms with Gasteiger partial charge in [-0.15, -0.1) is 0 Å². The van der Waals surface area contributed by atoms with Crippen molar-refractivity contribution < 1.29 is 23.4 Å². The van der Waals surface area contributed by atoms with E-state index in [4.69, 9.17) is 14.9 Å². The topological polar surface area (TPSA) is 109 Å². The van der Waals surface area contributed by atoms with Crippen molar-refractivity contribution in [1.82, 2.24) is 20.0 Å². The van der Waals surface area contributed by atoms with Gasteiger partial charge in [-0.1, -0.05) is 6.07 Å². The maximum atomic E-state index is 14.7. The van der Waals surface area contributed by atoms with Gasteiger partial charge < -0.3 is 30.1 Å². The third-order valence-electron chi connectivity index (χ3n) is 9.16. The number of β-amino-alcohol motifs (C(OH)–C–C–N with tert-alkyl or cyclic N) is 1. The normalized spacial score (nSPS) is 21.0. The maximum Gasteiger partial charge on any atom is 0.132 e. The molecule has 3 saturated heterocycles. The number of hydrogen-bond acceptors (Lipinski definition) is 8. The number of likely N-dealkylation sites (tertiary alicyclic amines) is 2. The molecule has 3 fully saturated rings. The summed E-state index contributed by atoms with van der Waals surface area (Å²) in [5.41, 5.74) is -0.427. The Morgan fingerprint density at radius 2 is 1.71 bits per heavy atom. The van der Waals surface area contributed by atoms with Gasteiger partial charge in [-0.2, -0.15) is 0 Å². The lowest BCUT2D eigenvalue weighted by molar-refractivity contribution is -0.0136. The monoisotopic (exact) mass is 627 g/mol. The molecular weight excluding hydrogens is 580 g/mol. The highest BCUT2D eigenvalue weighted by Gasteiger charge is 2.36. The summed E-state index contributed by atoms with van der Waals surface area (Å²) in [6.07, 6.45) is 6.25. The molecule has 3 aliphatic heterocycles. The molecule has 3 heterocycles. The van der Waals surface area contributed by atoms with Crippen molar-refractivity contribution in [3.8, 4) is 5.75 Å². The quantitative estimate of drug-likeness (QED) is 0.187. The molecule has 4 N–H and O–H groups in total. The van der Waals surface area contributed by atoms with Crippen LogP contribution in [0.1, 0.15) is 31.2 Å². The number of halogens is 2. The highest BCUT2D eigenvalue weighted by Crippen LogP contribution is 2.29. The van der Waals surface area contributed by atoms with Gasteiger partial charge in [0.15, 0.2) is 0 Å². The number of nitrogens with zero attached hydrogens (tertiary/aromatic N) is 4. The SMILES string of the molecule is N=C/N=C\NCC(O)(CN1CCC(N2CCC(Nc3ccc(OCCN4CCOCC4)cc3)CC2)CC1)c1ccc(F)cc1F. The molecule has 0 bridgehead atoms. The number of anilines is 1. The Morgan fingerprint density at radius 1 is 0.978 bits per heavy atom. The van der Waals surface area contributed by atoms with Crippen LogP contribution < -0.4 is 15.4 Å². The van der Waals surface area contributed by atoms with Crippen LogP contribution in [0.5, 0.6) is 5.75 Å². The summed E-state index contributed by atoms with van der Waals surface area (Å²) in [7, 11) is 0. The van der Waals surface area contributed by atoms with E-state index in [0.29, 0.717) is 18.7 Å². The first-order valence-electron chi connectivity index (χ1n) is 16.1. The molecule has 3 aliphatic rings. The fourth-order valence-corrected chi connectivity index (χ4v) is 6.63. The van der Waals surface area contributed by atoms with E-state index >= 15 is 0 Å². The third kappa shape index (κ3) is 9.67. The molecular formula is C33H47F2N7O3. The number of hydrogen-bond donors (Lipinski definition) is 4. The van der Waals surface area contributed by atoms with Crippen LogP contribution in [0.3, 0.4) is 0 Å². The number of nitrogens with one attached hydrogen (secondary N) is 3. The van der Waals surface area contributed by atoms with Gasteiger partial charge in [0, 0.05) is 68.7 Å². The minimum atomic E-state index is -1.59. The van der Waals surface area contributed by atoms with Crippen LogP contribution in [-0.2, 0) is 10.3 Å². The van der Waals surface area contributed by atoms with Crippen LogP contribution in [0.25, 0.3) is 0 Å². The molecule has 5 rings (SSSR count). The summed E-state index contributed by atoms with van der Waals surface area (Å²) in [5.74, 6) is -0.572. The lowest BCUT2D eigenvalue weighted by atomic mass is 9.90. The first-order valence-corrected chi connectivity index (χ1v) is 16.1. The molecule has 2 aromatic rings. The number of aliphatic hydroxyl groups is 1. The molecule has 1 unspecified atom stereocenters. The number of benzene rings is 2. The number of morpholine rings is 1. The summed E-state index contributed by atoms with van der Waals surface area (Å²) >= 11 is 0. The Hall–Kier alpha value is -3.16. The average Bonchev–Trinajstić information content (AvgIpc) is 3.05. The number of aliphatic imine (C=N–C) groups is 1. The highest BCUT2D eigenvalue weighted by molar-refractivity contribution is 5.68. The lowest BCUT2D eigenvalue weighted by Crippen LogP contribution is -2.53. The fourth-order valence-electron chi connectivity index (χ4n) is 6.63. The van der Waals surface area contributed by atoms with Crippen molar-refractivity contribution in [3.63, 3.8) is 0 Å². The Morgan fingerprint density at radius 3 is 2.40 bits per heavy atom. The third-order valence-corrected chi connectivity index (χ3v) is 9.16. The van der Waals surface area contributed by atoms with E-state index in [-0.39, 0.29) is 18.7 Å². The van der Waals surface area contributed by atoms with Gasteiger partial charge in [-0.05, 0) is 69.1 Å². The molecule has 0 aliphatic carbocycles. The molecule has 12 heteroatoms. The first kappa shape index (κ1) is 33.2. The fraction of sp³-hybridized carbons (Fsp3) is 0.576. The lowest BCUT2D eigenvalue weighted by Gasteiger charge is -2.43. The summed E-state index contributed by atoms with van der Waals surface area (Å²) in [6.45, 7) is 8.96. The molecule has 0 spiro atoms. The summed E-state index contributed by atoms with van der Waals surface area (Å²) in [4.78, 5) is 10.8. The largest absolute Gasteiger partial charge is 0.492 e. The second kappa shape index (κ2) is 16.4. The maximum absolute atomic E-state index is 14.7. The molecule has 0 saturated carbocycles. The van der Waals surface area contributed by atoms with E-state index < -0.39 is 17.2 Å². The van der Waals surface area contributed by atoms with E-state index in [1.807, 2.05) is 12.1 Å². The number of piperidine rings is 2. The molecule has 10 nitrogen and oxygen atoms in total. The molecule has 0 radical (unpaired) electrons. The van der Waals surface area contributed by atoms with E-state index in [0.717, 1.165) is 115 Å². The summed E-state index contributed by atoms with van der Waals surface area (Å²) in [5, 5.41) is 25.1. The van der Waals surface area contributed by atoms with Crippen molar-refractivity contribution >= 4 is 18.4 Å². The summed E-state index contributed by atoms with van der Waals surface area (Å²) < 4.78 is 39.7. The molecule has 1 atom stereocenters. The first-order chi connectivity index (χ1) is 21.9. The van der Waals surface area contributed by atoms with Crippen molar-refractivity contribution in [2.24, 2.45) is 4.99 Å². The minimum Gasteiger partial charge on any atom is -0.492 e. The Labute approximate surface area is 264 Å². The number of rotatable bonds is 14. The zero-order valence-corrected chi connectivity index (χ0v) is 26.0. The Kier molecular flexibility index (Phi) is 12.1. The van der Waals surface area contributed by atoms with Crippen LogP contribution in [0.2, 0.25) is 0 Å². The van der Waals surface area contributed by atoms with Crippen molar-refractivity contribution in [3.05, 3.63) is 59.7 Å². The second-order valence-corrected chi connectivity index (χ2v) is 12.2. The van der Waals surface area contributed by atoms with Gasteiger partial charge in [0.1, 0.15) is 35.9 Å². The van der Waals surface area contributed by atoms with Crippen molar-refractivity contribution in [2.75, 3.05) is 84.0 Å². The van der Waals surface area contributed by atoms with Crippen molar-refractivity contribution in [2.45, 2.75) is 43.4 Å². The van der Waals surface area contributed by atoms with E-state index in [1.54, 1.807) is 0 Å².